The van der Waals surface area contributed by atoms with Gasteiger partial charge in [0.05, 0.1) is 7.11 Å². The van der Waals surface area contributed by atoms with Crippen LogP contribution in [0.15, 0.2) is 18.2 Å². The molecule has 0 spiro atoms. The molecule has 71 valence electrons. The molecule has 1 aromatic carbocycles. The molecule has 0 saturated carbocycles. The lowest BCUT2D eigenvalue weighted by atomic mass is 10.3. The van der Waals surface area contributed by atoms with Crippen LogP contribution in [0, 0.1) is 6.07 Å². The second kappa shape index (κ2) is 4.72. The molecule has 0 N–H and O–H groups in total. The Hall–Kier alpha value is -1.22. The Morgan fingerprint density at radius 3 is 2.69 bits per heavy atom. The molecule has 0 fully saturated rings. The summed E-state index contributed by atoms with van der Waals surface area (Å²) < 4.78 is 15.5. The number of hydrogen-bond acceptors (Lipinski definition) is 3. The predicted octanol–water partition coefficient (Wildman–Crippen LogP) is 1.87. The van der Waals surface area contributed by atoms with Crippen LogP contribution in [0.25, 0.3) is 0 Å². The number of rotatable bonds is 4. The van der Waals surface area contributed by atoms with Crippen LogP contribution < -0.4 is 9.47 Å². The van der Waals surface area contributed by atoms with E-state index in [1.54, 1.807) is 32.4 Å². The Morgan fingerprint density at radius 2 is 2.08 bits per heavy atom. The first-order valence-corrected chi connectivity index (χ1v) is 4.01. The number of hydrogen-bond donors (Lipinski definition) is 0. The second-order valence-corrected chi connectivity index (χ2v) is 2.50. The highest BCUT2D eigenvalue weighted by Crippen LogP contribution is 2.26. The van der Waals surface area contributed by atoms with Gasteiger partial charge in [-0.15, -0.1) is 0 Å². The molecule has 3 nitrogen and oxygen atoms in total. The third kappa shape index (κ3) is 2.63. The van der Waals surface area contributed by atoms with Gasteiger partial charge < -0.3 is 14.2 Å². The lowest BCUT2D eigenvalue weighted by molar-refractivity contribution is -0.0395. The summed E-state index contributed by atoms with van der Waals surface area (Å²) >= 11 is 0. The molecule has 1 unspecified atom stereocenters. The van der Waals surface area contributed by atoms with E-state index in [0.29, 0.717) is 11.5 Å². The van der Waals surface area contributed by atoms with E-state index in [9.17, 15) is 0 Å². The smallest absolute Gasteiger partial charge is 0.196 e. The molecule has 1 radical (unpaired) electrons. The summed E-state index contributed by atoms with van der Waals surface area (Å²) in [6, 6.07) is 8.18. The van der Waals surface area contributed by atoms with Gasteiger partial charge in [-0.25, -0.2) is 0 Å². The molecule has 0 heterocycles. The fourth-order valence-electron chi connectivity index (χ4n) is 0.889. The Balaban J connectivity index is 2.74. The summed E-state index contributed by atoms with van der Waals surface area (Å²) in [6.07, 6.45) is -0.287. The van der Waals surface area contributed by atoms with Gasteiger partial charge in [-0.05, 0) is 25.1 Å². The Kier molecular flexibility index (Phi) is 3.58. The molecule has 0 aliphatic heterocycles. The van der Waals surface area contributed by atoms with Crippen molar-refractivity contribution in [1.82, 2.24) is 0 Å². The quantitative estimate of drug-likeness (QED) is 0.663. The van der Waals surface area contributed by atoms with Gasteiger partial charge in [-0.1, -0.05) is 6.07 Å². The molecule has 0 amide bonds. The monoisotopic (exact) mass is 181 g/mol. The van der Waals surface area contributed by atoms with Crippen LogP contribution in [0.5, 0.6) is 11.5 Å². The first kappa shape index (κ1) is 9.86. The third-order valence-corrected chi connectivity index (χ3v) is 1.63. The zero-order valence-corrected chi connectivity index (χ0v) is 8.03. The number of methoxy groups -OCH3 is 2. The normalized spacial score (nSPS) is 12.2. The average Bonchev–Trinajstić information content (AvgIpc) is 2.18. The van der Waals surface area contributed by atoms with Crippen LogP contribution >= 0.6 is 0 Å². The third-order valence-electron chi connectivity index (χ3n) is 1.63. The summed E-state index contributed by atoms with van der Waals surface area (Å²) in [6.45, 7) is 1.81. The van der Waals surface area contributed by atoms with Gasteiger partial charge in [0.2, 0.25) is 0 Å². The predicted molar refractivity (Wildman–Crippen MR) is 48.9 cm³/mol. The minimum Gasteiger partial charge on any atom is -0.493 e. The highest BCUT2D eigenvalue weighted by molar-refractivity contribution is 5.38. The van der Waals surface area contributed by atoms with E-state index in [-0.39, 0.29) is 6.29 Å². The van der Waals surface area contributed by atoms with Gasteiger partial charge in [0.15, 0.2) is 17.8 Å². The molecule has 13 heavy (non-hydrogen) atoms. The maximum absolute atomic E-state index is 5.41. The van der Waals surface area contributed by atoms with E-state index >= 15 is 0 Å². The molecule has 0 saturated heterocycles. The van der Waals surface area contributed by atoms with Crippen LogP contribution in [0.2, 0.25) is 0 Å². The van der Waals surface area contributed by atoms with E-state index in [0.717, 1.165) is 0 Å². The van der Waals surface area contributed by atoms with Crippen molar-refractivity contribution in [1.29, 1.82) is 0 Å². The Labute approximate surface area is 78.2 Å². The van der Waals surface area contributed by atoms with Crippen molar-refractivity contribution in [3.05, 3.63) is 24.3 Å². The van der Waals surface area contributed by atoms with Crippen molar-refractivity contribution < 1.29 is 14.2 Å². The summed E-state index contributed by atoms with van der Waals surface area (Å²) in [5.41, 5.74) is 0. The highest BCUT2D eigenvalue weighted by atomic mass is 16.7. The second-order valence-electron chi connectivity index (χ2n) is 2.50. The van der Waals surface area contributed by atoms with Crippen molar-refractivity contribution in [2.75, 3.05) is 14.2 Å². The van der Waals surface area contributed by atoms with Crippen molar-refractivity contribution in [2.45, 2.75) is 13.2 Å². The minimum atomic E-state index is -0.287. The molecule has 0 aliphatic rings. The first-order valence-electron chi connectivity index (χ1n) is 4.01. The molecule has 0 bridgehead atoms. The van der Waals surface area contributed by atoms with Gasteiger partial charge in [0.1, 0.15) is 0 Å². The van der Waals surface area contributed by atoms with Crippen LogP contribution in [0.4, 0.5) is 0 Å². The van der Waals surface area contributed by atoms with Crippen LogP contribution in [-0.4, -0.2) is 20.5 Å². The molecule has 0 aromatic heterocycles. The van der Waals surface area contributed by atoms with Crippen molar-refractivity contribution in [3.8, 4) is 11.5 Å². The summed E-state index contributed by atoms with van der Waals surface area (Å²) in [4.78, 5) is 0. The maximum Gasteiger partial charge on any atom is 0.196 e. The van der Waals surface area contributed by atoms with Crippen molar-refractivity contribution in [3.63, 3.8) is 0 Å². The Bertz CT molecular complexity index is 260. The first-order chi connectivity index (χ1) is 6.27. The van der Waals surface area contributed by atoms with E-state index < -0.39 is 0 Å². The summed E-state index contributed by atoms with van der Waals surface area (Å²) in [7, 11) is 3.18. The highest BCUT2D eigenvalue weighted by Gasteiger charge is 2.06. The van der Waals surface area contributed by atoms with Crippen LogP contribution in [0.3, 0.4) is 0 Å². The lowest BCUT2D eigenvalue weighted by Gasteiger charge is -2.14. The van der Waals surface area contributed by atoms with Gasteiger partial charge in [-0.3, -0.25) is 0 Å². The largest absolute Gasteiger partial charge is 0.493 e. The van der Waals surface area contributed by atoms with Crippen molar-refractivity contribution >= 4 is 0 Å². The van der Waals surface area contributed by atoms with Crippen LogP contribution in [0.1, 0.15) is 6.92 Å². The average molecular weight is 181 g/mol. The summed E-state index contributed by atoms with van der Waals surface area (Å²) in [5, 5.41) is 0. The van der Waals surface area contributed by atoms with Crippen molar-refractivity contribution in [2.24, 2.45) is 0 Å². The van der Waals surface area contributed by atoms with Gasteiger partial charge in [0, 0.05) is 7.11 Å². The summed E-state index contributed by atoms with van der Waals surface area (Å²) in [5.74, 6) is 1.32. The van der Waals surface area contributed by atoms with E-state index in [1.165, 1.54) is 0 Å². The van der Waals surface area contributed by atoms with E-state index in [1.807, 2.05) is 6.92 Å². The molecular formula is C10H13O3. The molecule has 1 aromatic rings. The van der Waals surface area contributed by atoms with E-state index in [4.69, 9.17) is 14.2 Å². The van der Waals surface area contributed by atoms with Gasteiger partial charge in [-0.2, -0.15) is 0 Å². The minimum absolute atomic E-state index is 0.287. The molecule has 1 rings (SSSR count). The topological polar surface area (TPSA) is 27.7 Å². The van der Waals surface area contributed by atoms with Gasteiger partial charge in [0.25, 0.3) is 0 Å². The number of ether oxygens (including phenoxy) is 3. The SMILES string of the molecule is COc1cc[c]cc1OC(C)OC. The standard InChI is InChI=1S/C10H13O3/c1-8(11-2)13-10-7-5-4-6-9(10)12-3/h4,6-8H,1-3H3. The zero-order valence-electron chi connectivity index (χ0n) is 8.03. The molecule has 1 atom stereocenters. The Morgan fingerprint density at radius 1 is 1.31 bits per heavy atom. The lowest BCUT2D eigenvalue weighted by Crippen LogP contribution is -2.13. The fourth-order valence-corrected chi connectivity index (χ4v) is 0.889. The molecule has 0 aliphatic carbocycles. The van der Waals surface area contributed by atoms with Crippen LogP contribution in [-0.2, 0) is 4.74 Å². The van der Waals surface area contributed by atoms with Gasteiger partial charge >= 0.3 is 0 Å². The van der Waals surface area contributed by atoms with E-state index in [2.05, 4.69) is 6.07 Å². The maximum atomic E-state index is 5.41. The zero-order chi connectivity index (χ0) is 9.68. The number of benzene rings is 1. The fraction of sp³-hybridized carbons (Fsp3) is 0.400. The molecular weight excluding hydrogens is 168 g/mol. The molecule has 3 heteroatoms.